The average molecular weight is 351 g/mol. The molecule has 0 saturated heterocycles. The summed E-state index contributed by atoms with van der Waals surface area (Å²) in [6.45, 7) is 4.05. The van der Waals surface area contributed by atoms with Crippen LogP contribution in [0.2, 0.25) is 0 Å². The second-order valence-electron chi connectivity index (χ2n) is 6.97. The van der Waals surface area contributed by atoms with Crippen molar-refractivity contribution in [2.45, 2.75) is 64.1 Å². The third-order valence-corrected chi connectivity index (χ3v) is 4.96. The number of amides is 1. The molecule has 0 radical (unpaired) electrons. The van der Waals surface area contributed by atoms with Crippen LogP contribution in [0.1, 0.15) is 51.5 Å². The molecule has 24 heavy (non-hydrogen) atoms. The van der Waals surface area contributed by atoms with Crippen molar-refractivity contribution in [3.8, 4) is 11.5 Å². The zero-order valence-electron chi connectivity index (χ0n) is 14.3. The van der Waals surface area contributed by atoms with Crippen LogP contribution in [-0.4, -0.2) is 23.7 Å². The Bertz CT molecular complexity index is 584. The topological polar surface area (TPSA) is 56.8 Å². The van der Waals surface area contributed by atoms with E-state index in [0.717, 1.165) is 24.8 Å². The third-order valence-electron chi connectivity index (χ3n) is 4.29. The van der Waals surface area contributed by atoms with E-state index in [1.807, 2.05) is 26.0 Å². The second-order valence-corrected chi connectivity index (χ2v) is 7.68. The lowest BCUT2D eigenvalue weighted by Gasteiger charge is -2.20. The van der Waals surface area contributed by atoms with Crippen molar-refractivity contribution in [2.24, 2.45) is 0 Å². The lowest BCUT2D eigenvalue weighted by molar-refractivity contribution is 0.133. The van der Waals surface area contributed by atoms with Gasteiger partial charge < -0.3 is 19.0 Å². The molecule has 0 atom stereocenters. The van der Waals surface area contributed by atoms with Gasteiger partial charge in [-0.15, -0.1) is 0 Å². The zero-order chi connectivity index (χ0) is 17.0. The molecule has 1 heterocycles. The van der Waals surface area contributed by atoms with Crippen LogP contribution in [0.4, 0.5) is 4.79 Å². The number of carbonyl (C=O) groups excluding carboxylic acids is 1. The highest BCUT2D eigenvalue weighted by molar-refractivity contribution is 7.94. The maximum Gasteiger partial charge on any atom is 0.413 e. The maximum absolute atomic E-state index is 12.0. The predicted octanol–water partition coefficient (Wildman–Crippen LogP) is 4.44. The smallest absolute Gasteiger partial charge is 0.413 e. The summed E-state index contributed by atoms with van der Waals surface area (Å²) in [6, 6.07) is 5.64. The number of para-hydroxylation sites is 1. The molecule has 0 unspecified atom stereocenters. The van der Waals surface area contributed by atoms with Gasteiger partial charge in [0.15, 0.2) is 11.5 Å². The Balaban J connectivity index is 1.44. The van der Waals surface area contributed by atoms with Crippen LogP contribution in [0.5, 0.6) is 11.5 Å². The molecule has 0 aromatic heterocycles. The van der Waals surface area contributed by atoms with Gasteiger partial charge >= 0.3 is 6.09 Å². The fourth-order valence-corrected chi connectivity index (χ4v) is 3.81. The van der Waals surface area contributed by atoms with E-state index in [1.165, 1.54) is 31.3 Å². The van der Waals surface area contributed by atoms with E-state index in [9.17, 15) is 4.79 Å². The molecule has 1 aromatic carbocycles. The first-order valence-electron chi connectivity index (χ1n) is 8.58. The fourth-order valence-electron chi connectivity index (χ4n) is 3.18. The van der Waals surface area contributed by atoms with Gasteiger partial charge in [-0.25, -0.2) is 4.79 Å². The SMILES string of the molecule is CC1(C)Cc2cccc(OC(=O)NCSOC3CCCCC3)c2O1. The van der Waals surface area contributed by atoms with Crippen molar-refractivity contribution in [3.05, 3.63) is 23.8 Å². The number of hydrogen-bond donors (Lipinski definition) is 1. The summed E-state index contributed by atoms with van der Waals surface area (Å²) in [4.78, 5) is 12.0. The molecule has 0 spiro atoms. The first-order chi connectivity index (χ1) is 11.5. The van der Waals surface area contributed by atoms with Crippen LogP contribution in [0.15, 0.2) is 18.2 Å². The molecule has 5 nitrogen and oxygen atoms in total. The van der Waals surface area contributed by atoms with Crippen LogP contribution in [0.3, 0.4) is 0 Å². The summed E-state index contributed by atoms with van der Waals surface area (Å²) >= 11 is 1.28. The second kappa shape index (κ2) is 7.66. The van der Waals surface area contributed by atoms with Gasteiger partial charge in [0.1, 0.15) is 5.60 Å². The van der Waals surface area contributed by atoms with E-state index in [2.05, 4.69) is 5.32 Å². The van der Waals surface area contributed by atoms with Crippen molar-refractivity contribution in [1.29, 1.82) is 0 Å². The van der Waals surface area contributed by atoms with Gasteiger partial charge in [0, 0.05) is 24.0 Å². The summed E-state index contributed by atoms with van der Waals surface area (Å²) in [5.74, 6) is 1.51. The molecule has 3 rings (SSSR count). The molecule has 6 heteroatoms. The van der Waals surface area contributed by atoms with Crippen LogP contribution in [-0.2, 0) is 10.6 Å². The first-order valence-corrected chi connectivity index (χ1v) is 9.49. The molecule has 1 aromatic rings. The number of benzene rings is 1. The molecule has 132 valence electrons. The third kappa shape index (κ3) is 4.57. The van der Waals surface area contributed by atoms with E-state index < -0.39 is 6.09 Å². The van der Waals surface area contributed by atoms with Crippen molar-refractivity contribution >= 4 is 18.1 Å². The van der Waals surface area contributed by atoms with Gasteiger partial charge in [-0.2, -0.15) is 0 Å². The molecule has 1 N–H and O–H groups in total. The van der Waals surface area contributed by atoms with Crippen LogP contribution >= 0.6 is 12.0 Å². The van der Waals surface area contributed by atoms with Gasteiger partial charge in [0.05, 0.1) is 12.0 Å². The number of nitrogens with one attached hydrogen (secondary N) is 1. The Kier molecular flexibility index (Phi) is 5.56. The Morgan fingerprint density at radius 3 is 2.92 bits per heavy atom. The summed E-state index contributed by atoms with van der Waals surface area (Å²) in [5.41, 5.74) is 0.808. The van der Waals surface area contributed by atoms with Crippen molar-refractivity contribution in [3.63, 3.8) is 0 Å². The molecule has 2 aliphatic rings. The molecule has 0 bridgehead atoms. The molecule has 1 saturated carbocycles. The molecule has 1 fully saturated rings. The molecule has 1 amide bonds. The van der Waals surface area contributed by atoms with Crippen LogP contribution in [0.25, 0.3) is 0 Å². The highest BCUT2D eigenvalue weighted by Crippen LogP contribution is 2.41. The number of fused-ring (bicyclic) bond motifs is 1. The first kappa shape index (κ1) is 17.4. The predicted molar refractivity (Wildman–Crippen MR) is 94.4 cm³/mol. The minimum Gasteiger partial charge on any atom is -0.483 e. The van der Waals surface area contributed by atoms with Gasteiger partial charge in [-0.05, 0) is 32.8 Å². The number of carbonyl (C=O) groups is 1. The van der Waals surface area contributed by atoms with Gasteiger partial charge in [-0.3, -0.25) is 0 Å². The summed E-state index contributed by atoms with van der Waals surface area (Å²) in [5, 5.41) is 2.70. The van der Waals surface area contributed by atoms with Gasteiger partial charge in [-0.1, -0.05) is 31.4 Å². The summed E-state index contributed by atoms with van der Waals surface area (Å²) in [7, 11) is 0. The Morgan fingerprint density at radius 2 is 2.12 bits per heavy atom. The highest BCUT2D eigenvalue weighted by Gasteiger charge is 2.32. The Hall–Kier alpha value is -1.40. The minimum atomic E-state index is -0.489. The van der Waals surface area contributed by atoms with Crippen LogP contribution in [0, 0.1) is 0 Å². The number of hydrogen-bond acceptors (Lipinski definition) is 5. The normalized spacial score (nSPS) is 19.4. The van der Waals surface area contributed by atoms with E-state index in [-0.39, 0.29) is 5.60 Å². The van der Waals surface area contributed by atoms with Crippen molar-refractivity contribution in [2.75, 3.05) is 5.88 Å². The standard InChI is InChI=1S/C18H25NO4S/c1-18(2)11-13-7-6-10-15(16(13)22-18)21-17(20)19-12-24-23-14-8-4-3-5-9-14/h6-7,10,14H,3-5,8-9,11-12H2,1-2H3,(H,19,20). The summed E-state index contributed by atoms with van der Waals surface area (Å²) in [6.07, 6.45) is 6.63. The van der Waals surface area contributed by atoms with Crippen molar-refractivity contribution < 1.29 is 18.5 Å². The van der Waals surface area contributed by atoms with Crippen molar-refractivity contribution in [1.82, 2.24) is 5.32 Å². The maximum atomic E-state index is 12.0. The molecular formula is C18H25NO4S. The quantitative estimate of drug-likeness (QED) is 0.483. The monoisotopic (exact) mass is 351 g/mol. The number of rotatable bonds is 5. The fraction of sp³-hybridized carbons (Fsp3) is 0.611. The zero-order valence-corrected chi connectivity index (χ0v) is 15.1. The molecular weight excluding hydrogens is 326 g/mol. The van der Waals surface area contributed by atoms with E-state index in [1.54, 1.807) is 6.07 Å². The van der Waals surface area contributed by atoms with Gasteiger partial charge in [0.2, 0.25) is 0 Å². The lowest BCUT2D eigenvalue weighted by Crippen LogP contribution is -2.27. The average Bonchev–Trinajstić information content (AvgIpc) is 2.88. The minimum absolute atomic E-state index is 0.262. The van der Waals surface area contributed by atoms with E-state index in [0.29, 0.717) is 23.5 Å². The summed E-state index contributed by atoms with van der Waals surface area (Å²) < 4.78 is 17.0. The Labute approximate surface area is 147 Å². The van der Waals surface area contributed by atoms with E-state index in [4.69, 9.17) is 13.7 Å². The highest BCUT2D eigenvalue weighted by atomic mass is 32.2. The lowest BCUT2D eigenvalue weighted by atomic mass is 9.98. The molecule has 1 aliphatic heterocycles. The number of ether oxygens (including phenoxy) is 2. The Morgan fingerprint density at radius 1 is 1.33 bits per heavy atom. The molecule has 1 aliphatic carbocycles. The van der Waals surface area contributed by atoms with Crippen LogP contribution < -0.4 is 14.8 Å². The van der Waals surface area contributed by atoms with Gasteiger partial charge in [0.25, 0.3) is 0 Å². The van der Waals surface area contributed by atoms with E-state index >= 15 is 0 Å². The largest absolute Gasteiger partial charge is 0.483 e.